The van der Waals surface area contributed by atoms with Gasteiger partial charge in [0.15, 0.2) is 0 Å². The van der Waals surface area contributed by atoms with Gasteiger partial charge in [0.25, 0.3) is 0 Å². The van der Waals surface area contributed by atoms with Crippen LogP contribution in [-0.4, -0.2) is 77.4 Å². The fourth-order valence-electron chi connectivity index (χ4n) is 5.96. The highest BCUT2D eigenvalue weighted by molar-refractivity contribution is 7.97. The van der Waals surface area contributed by atoms with E-state index in [1.54, 1.807) is 31.4 Å². The molecule has 1 fully saturated rings. The number of ether oxygens (including phenoxy) is 1. The summed E-state index contributed by atoms with van der Waals surface area (Å²) >= 11 is 1.10. The van der Waals surface area contributed by atoms with Gasteiger partial charge in [-0.25, -0.2) is 0 Å². The average Bonchev–Trinajstić information content (AvgIpc) is 3.36. The predicted molar refractivity (Wildman–Crippen MR) is 171 cm³/mol. The van der Waals surface area contributed by atoms with Gasteiger partial charge in [0.1, 0.15) is 12.3 Å². The Morgan fingerprint density at radius 1 is 1.16 bits per heavy atom. The first-order valence-electron chi connectivity index (χ1n) is 14.5. The third-order valence-electron chi connectivity index (χ3n) is 8.14. The van der Waals surface area contributed by atoms with E-state index < -0.39 is 12.7 Å². The van der Waals surface area contributed by atoms with E-state index in [0.717, 1.165) is 48.2 Å². The molecule has 6 N–H and O–H groups in total. The number of aromatic nitrogens is 1. The van der Waals surface area contributed by atoms with Crippen LogP contribution in [0.25, 0.3) is 10.9 Å². The molecule has 1 saturated carbocycles. The molecule has 1 aliphatic rings. The number of nitrogens with two attached hydrogens (primary N) is 1. The number of hydrogen-bond acceptors (Lipinski definition) is 8. The van der Waals surface area contributed by atoms with Crippen molar-refractivity contribution in [2.24, 2.45) is 5.14 Å². The highest BCUT2D eigenvalue weighted by Crippen LogP contribution is 2.37. The molecule has 0 radical (unpaired) electrons. The van der Waals surface area contributed by atoms with E-state index in [1.165, 1.54) is 4.57 Å². The molecule has 1 aliphatic carbocycles. The number of nitrogens with one attached hydrogen (secondary N) is 2. The minimum atomic E-state index is -4.42. The van der Waals surface area contributed by atoms with Crippen LogP contribution >= 0.6 is 11.9 Å². The van der Waals surface area contributed by atoms with Gasteiger partial charge >= 0.3 is 6.18 Å². The van der Waals surface area contributed by atoms with E-state index in [0.29, 0.717) is 35.4 Å². The Hall–Kier alpha value is -3.34. The van der Waals surface area contributed by atoms with Gasteiger partial charge in [-0.2, -0.15) is 13.2 Å². The molecule has 0 bridgehead atoms. The van der Waals surface area contributed by atoms with Crippen molar-refractivity contribution in [3.05, 3.63) is 60.8 Å². The maximum absolute atomic E-state index is 13.7. The summed E-state index contributed by atoms with van der Waals surface area (Å²) in [6.07, 6.45) is 0.643. The number of β-amino-alcohol motifs (C(OH)–C–C–N with tert-alkyl or cyclic N) is 2. The largest absolute Gasteiger partial charge is 0.495 e. The van der Waals surface area contributed by atoms with Crippen LogP contribution in [0.15, 0.2) is 60.0 Å². The lowest BCUT2D eigenvalue weighted by Gasteiger charge is -2.46. The molecule has 0 aliphatic heterocycles. The van der Waals surface area contributed by atoms with Gasteiger partial charge in [0.05, 0.1) is 43.8 Å². The second kappa shape index (κ2) is 15.1. The standard InChI is InChI=1S/C32H40F3N5O3S/c1-3-31(39(16-18-41)17-19-42)13-11-23(12-14-31)38-27-7-4-8-29-26(27)20-24(40(29)22-32(33,34)35)6-5-15-37-28-10-9-25(44-36)21-30(28)43-2/h3-4,7-10,20-21,23,37-38,41-42H,1,11-19,22,36H2,2H3. The van der Waals surface area contributed by atoms with Gasteiger partial charge in [-0.05, 0) is 79.9 Å². The number of benzene rings is 2. The van der Waals surface area contributed by atoms with Gasteiger partial charge in [0, 0.05) is 40.6 Å². The first kappa shape index (κ1) is 33.6. The number of halogens is 3. The number of nitrogens with zero attached hydrogens (tertiary/aromatic N) is 2. The zero-order chi connectivity index (χ0) is 31.7. The Balaban J connectivity index is 1.55. The van der Waals surface area contributed by atoms with Crippen molar-refractivity contribution in [1.82, 2.24) is 9.47 Å². The highest BCUT2D eigenvalue weighted by atomic mass is 32.2. The number of hydrogen-bond donors (Lipinski definition) is 5. The molecule has 8 nitrogen and oxygen atoms in total. The summed E-state index contributed by atoms with van der Waals surface area (Å²) in [4.78, 5) is 2.91. The van der Waals surface area contributed by atoms with Crippen molar-refractivity contribution in [3.8, 4) is 17.6 Å². The molecule has 1 aromatic heterocycles. The van der Waals surface area contributed by atoms with E-state index in [9.17, 15) is 23.4 Å². The summed E-state index contributed by atoms with van der Waals surface area (Å²) in [5.41, 5.74) is 1.86. The summed E-state index contributed by atoms with van der Waals surface area (Å²) in [5, 5.41) is 32.1. The van der Waals surface area contributed by atoms with E-state index in [1.807, 2.05) is 24.3 Å². The molecule has 4 rings (SSSR count). The Kier molecular flexibility index (Phi) is 11.5. The number of aliphatic hydroxyl groups excluding tert-OH is 2. The van der Waals surface area contributed by atoms with Crippen LogP contribution in [0.3, 0.4) is 0 Å². The molecular weight excluding hydrogens is 591 g/mol. The van der Waals surface area contributed by atoms with Crippen molar-refractivity contribution >= 4 is 34.2 Å². The number of aliphatic hydroxyl groups is 2. The maximum Gasteiger partial charge on any atom is 0.406 e. The van der Waals surface area contributed by atoms with Gasteiger partial charge in [-0.15, -0.1) is 6.58 Å². The Labute approximate surface area is 260 Å². The fourth-order valence-corrected chi connectivity index (χ4v) is 6.28. The van der Waals surface area contributed by atoms with Crippen molar-refractivity contribution in [2.45, 2.75) is 54.9 Å². The number of fused-ring (bicyclic) bond motifs is 1. The second-order valence-electron chi connectivity index (χ2n) is 10.8. The topological polar surface area (TPSA) is 108 Å². The SMILES string of the molecule is C=CC1(N(CCO)CCO)CCC(Nc2cccc3c2cc(C#CCNc2ccc(SN)cc2OC)n3CC(F)(F)F)CC1. The van der Waals surface area contributed by atoms with Crippen molar-refractivity contribution in [1.29, 1.82) is 0 Å². The van der Waals surface area contributed by atoms with Crippen molar-refractivity contribution < 1.29 is 28.1 Å². The van der Waals surface area contributed by atoms with E-state index in [4.69, 9.17) is 9.88 Å². The molecule has 0 saturated heterocycles. The minimum Gasteiger partial charge on any atom is -0.495 e. The Morgan fingerprint density at radius 2 is 1.89 bits per heavy atom. The van der Waals surface area contributed by atoms with Crippen LogP contribution in [0, 0.1) is 11.8 Å². The second-order valence-corrected chi connectivity index (χ2v) is 11.5. The van der Waals surface area contributed by atoms with Crippen LogP contribution in [0.5, 0.6) is 5.75 Å². The lowest BCUT2D eigenvalue weighted by atomic mass is 9.78. The lowest BCUT2D eigenvalue weighted by molar-refractivity contribution is -0.140. The molecule has 12 heteroatoms. The normalized spacial score (nSPS) is 18.6. The monoisotopic (exact) mass is 631 g/mol. The zero-order valence-electron chi connectivity index (χ0n) is 24.8. The van der Waals surface area contributed by atoms with Crippen molar-refractivity contribution in [3.63, 3.8) is 0 Å². The number of alkyl halides is 3. The smallest absolute Gasteiger partial charge is 0.406 e. The van der Waals surface area contributed by atoms with Crippen LogP contribution in [0.1, 0.15) is 31.4 Å². The molecule has 1 heterocycles. The average molecular weight is 632 g/mol. The van der Waals surface area contributed by atoms with Gasteiger partial charge in [0.2, 0.25) is 0 Å². The molecule has 3 aromatic rings. The lowest BCUT2D eigenvalue weighted by Crippen LogP contribution is -2.52. The van der Waals surface area contributed by atoms with E-state index >= 15 is 0 Å². The van der Waals surface area contributed by atoms with Crippen LogP contribution in [-0.2, 0) is 6.54 Å². The fraction of sp³-hybridized carbons (Fsp3) is 0.438. The van der Waals surface area contributed by atoms with Crippen LogP contribution < -0.4 is 20.5 Å². The highest BCUT2D eigenvalue weighted by Gasteiger charge is 2.37. The number of anilines is 2. The molecule has 44 heavy (non-hydrogen) atoms. The summed E-state index contributed by atoms with van der Waals surface area (Å²) in [6.45, 7) is 3.97. The molecule has 238 valence electrons. The molecule has 2 aromatic carbocycles. The van der Waals surface area contributed by atoms with E-state index in [2.05, 4.69) is 34.0 Å². The van der Waals surface area contributed by atoms with E-state index in [-0.39, 0.29) is 37.0 Å². The Morgan fingerprint density at radius 3 is 2.50 bits per heavy atom. The predicted octanol–water partition coefficient (Wildman–Crippen LogP) is 5.21. The number of rotatable bonds is 13. The molecule has 0 spiro atoms. The molecule has 0 unspecified atom stereocenters. The zero-order valence-corrected chi connectivity index (χ0v) is 25.6. The Bertz CT molecular complexity index is 1470. The van der Waals surface area contributed by atoms with Gasteiger partial charge < -0.3 is 30.2 Å². The summed E-state index contributed by atoms with van der Waals surface area (Å²) in [7, 11) is 1.55. The first-order valence-corrected chi connectivity index (χ1v) is 15.4. The quantitative estimate of drug-likeness (QED) is 0.0995. The van der Waals surface area contributed by atoms with Crippen LogP contribution in [0.4, 0.5) is 24.5 Å². The summed E-state index contributed by atoms with van der Waals surface area (Å²) < 4.78 is 47.6. The maximum atomic E-state index is 13.7. The summed E-state index contributed by atoms with van der Waals surface area (Å²) in [5.74, 6) is 6.49. The molecular formula is C32H40F3N5O3S. The van der Waals surface area contributed by atoms with Gasteiger partial charge in [-0.3, -0.25) is 10.0 Å². The van der Waals surface area contributed by atoms with Gasteiger partial charge in [-0.1, -0.05) is 18.1 Å². The third-order valence-corrected chi connectivity index (χ3v) is 8.66. The summed E-state index contributed by atoms with van der Waals surface area (Å²) in [6, 6.07) is 12.6. The first-order chi connectivity index (χ1) is 21.2. The number of methoxy groups -OCH3 is 1. The minimum absolute atomic E-state index is 0.00914. The molecule has 0 amide bonds. The van der Waals surface area contributed by atoms with Crippen molar-refractivity contribution in [2.75, 3.05) is 50.6 Å². The third kappa shape index (κ3) is 8.02. The molecule has 0 atom stereocenters. The van der Waals surface area contributed by atoms with Crippen LogP contribution in [0.2, 0.25) is 0 Å².